The lowest BCUT2D eigenvalue weighted by Crippen LogP contribution is -2.47. The largest absolute Gasteiger partial charge is 0.481 e. The Morgan fingerprint density at radius 1 is 1.11 bits per heavy atom. The van der Waals surface area contributed by atoms with Crippen molar-refractivity contribution in [1.29, 1.82) is 0 Å². The number of amides is 2. The van der Waals surface area contributed by atoms with Gasteiger partial charge < -0.3 is 15.3 Å². The van der Waals surface area contributed by atoms with E-state index in [1.807, 2.05) is 30.9 Å². The van der Waals surface area contributed by atoms with Crippen LogP contribution >= 0.6 is 23.2 Å². The van der Waals surface area contributed by atoms with Crippen molar-refractivity contribution in [2.45, 2.75) is 71.5 Å². The lowest BCUT2D eigenvalue weighted by atomic mass is 9.90. The van der Waals surface area contributed by atoms with Gasteiger partial charge in [0.1, 0.15) is 11.4 Å². The maximum absolute atomic E-state index is 14.0. The van der Waals surface area contributed by atoms with Crippen LogP contribution in [-0.4, -0.2) is 45.7 Å². The molecule has 3 rings (SSSR count). The topological polar surface area (TPSA) is 99.1 Å². The van der Waals surface area contributed by atoms with Crippen molar-refractivity contribution in [3.05, 3.63) is 69.2 Å². The number of carboxylic acids is 1. The fraction of sp³-hybridized carbons (Fsp3) is 0.448. The van der Waals surface area contributed by atoms with Crippen LogP contribution < -0.4 is 5.32 Å². The minimum absolute atomic E-state index is 0.0533. The van der Waals surface area contributed by atoms with E-state index in [4.69, 9.17) is 33.3 Å². The van der Waals surface area contributed by atoms with Crippen LogP contribution in [0.4, 0.5) is 0 Å². The molecule has 0 aromatic heterocycles. The second-order valence-electron chi connectivity index (χ2n) is 10.1. The van der Waals surface area contributed by atoms with Crippen LogP contribution in [0.15, 0.2) is 47.5 Å². The Bertz CT molecular complexity index is 1190. The highest BCUT2D eigenvalue weighted by molar-refractivity contribution is 6.47. The van der Waals surface area contributed by atoms with Crippen molar-refractivity contribution >= 4 is 46.7 Å². The molecule has 1 aliphatic rings. The van der Waals surface area contributed by atoms with E-state index in [0.717, 1.165) is 18.4 Å². The number of nitrogens with zero attached hydrogens (tertiary/aromatic N) is 2. The first-order valence-corrected chi connectivity index (χ1v) is 13.7. The second kappa shape index (κ2) is 12.8. The number of hydrogen-bond acceptors (Lipinski definition) is 4. The fourth-order valence-electron chi connectivity index (χ4n) is 5.24. The van der Waals surface area contributed by atoms with Gasteiger partial charge in [0.15, 0.2) is 0 Å². The average Bonchev–Trinajstić information content (AvgIpc) is 3.09. The summed E-state index contributed by atoms with van der Waals surface area (Å²) in [5, 5.41) is 12.3. The predicted molar refractivity (Wildman–Crippen MR) is 151 cm³/mol. The van der Waals surface area contributed by atoms with Crippen LogP contribution in [0.25, 0.3) is 0 Å². The van der Waals surface area contributed by atoms with Gasteiger partial charge in [0.05, 0.1) is 12.5 Å². The Morgan fingerprint density at radius 3 is 2.29 bits per heavy atom. The standard InChI is InChI=1S/C29H35Cl2N3O4/c1-5-7-18(3)17-29(4)33-26(21-14-22(30)16-23(31)15-21)28(38)34(29)24(6-2)19-8-10-20(11-9-19)27(37)32-13-12-25(35)36/h8-11,14-16,18,24H,5-7,12-13,17H2,1-4H3,(H,32,37)(H,35,36). The van der Waals surface area contributed by atoms with Crippen LogP contribution in [0, 0.1) is 5.92 Å². The molecule has 0 spiro atoms. The van der Waals surface area contributed by atoms with E-state index in [9.17, 15) is 14.4 Å². The summed E-state index contributed by atoms with van der Waals surface area (Å²) in [4.78, 5) is 44.0. The van der Waals surface area contributed by atoms with Crippen LogP contribution in [0.3, 0.4) is 0 Å². The molecule has 0 saturated carbocycles. The molecular formula is C29H35Cl2N3O4. The van der Waals surface area contributed by atoms with Gasteiger partial charge in [-0.2, -0.15) is 0 Å². The minimum Gasteiger partial charge on any atom is -0.481 e. The van der Waals surface area contributed by atoms with Crippen molar-refractivity contribution < 1.29 is 19.5 Å². The molecule has 3 atom stereocenters. The van der Waals surface area contributed by atoms with Crippen LogP contribution in [0.2, 0.25) is 10.0 Å². The van der Waals surface area contributed by atoms with Crippen LogP contribution in [0.5, 0.6) is 0 Å². The van der Waals surface area contributed by atoms with E-state index < -0.39 is 11.6 Å². The van der Waals surface area contributed by atoms with Crippen LogP contribution in [0.1, 0.15) is 87.3 Å². The summed E-state index contributed by atoms with van der Waals surface area (Å²) >= 11 is 12.5. The van der Waals surface area contributed by atoms with E-state index in [-0.39, 0.29) is 30.8 Å². The summed E-state index contributed by atoms with van der Waals surface area (Å²) in [5.74, 6) is -1.15. The van der Waals surface area contributed by atoms with Crippen molar-refractivity contribution in [3.8, 4) is 0 Å². The average molecular weight is 561 g/mol. The molecule has 7 nitrogen and oxygen atoms in total. The molecule has 0 fully saturated rings. The zero-order valence-corrected chi connectivity index (χ0v) is 23.8. The monoisotopic (exact) mass is 559 g/mol. The molecule has 1 heterocycles. The van der Waals surface area contributed by atoms with Crippen molar-refractivity contribution in [2.24, 2.45) is 10.9 Å². The summed E-state index contributed by atoms with van der Waals surface area (Å²) < 4.78 is 0. The first-order valence-electron chi connectivity index (χ1n) is 13.0. The van der Waals surface area contributed by atoms with Gasteiger partial charge in [-0.1, -0.05) is 68.9 Å². The molecule has 0 saturated heterocycles. The third kappa shape index (κ3) is 6.94. The number of carbonyl (C=O) groups is 3. The van der Waals surface area contributed by atoms with Gasteiger partial charge in [0, 0.05) is 27.7 Å². The highest BCUT2D eigenvalue weighted by Crippen LogP contribution is 2.41. The van der Waals surface area contributed by atoms with E-state index in [0.29, 0.717) is 45.6 Å². The molecule has 0 bridgehead atoms. The normalized spacial score (nSPS) is 18.7. The first kappa shape index (κ1) is 29.7. The number of halogens is 2. The van der Waals surface area contributed by atoms with E-state index in [2.05, 4.69) is 19.2 Å². The third-order valence-corrected chi connectivity index (χ3v) is 7.26. The van der Waals surface area contributed by atoms with Gasteiger partial charge in [0.2, 0.25) is 0 Å². The maximum Gasteiger partial charge on any atom is 0.305 e. The molecule has 1 aliphatic heterocycles. The Hall–Kier alpha value is -2.90. The molecular weight excluding hydrogens is 525 g/mol. The number of benzene rings is 2. The van der Waals surface area contributed by atoms with Gasteiger partial charge >= 0.3 is 5.97 Å². The summed E-state index contributed by atoms with van der Waals surface area (Å²) in [6.45, 7) is 8.41. The highest BCUT2D eigenvalue weighted by atomic mass is 35.5. The number of carbonyl (C=O) groups excluding carboxylic acids is 2. The van der Waals surface area contributed by atoms with E-state index >= 15 is 0 Å². The van der Waals surface area contributed by atoms with Gasteiger partial charge in [-0.3, -0.25) is 19.4 Å². The Morgan fingerprint density at radius 2 is 1.74 bits per heavy atom. The number of aliphatic imine (C=N–C) groups is 1. The Balaban J connectivity index is 1.95. The first-order chi connectivity index (χ1) is 18.0. The number of rotatable bonds is 12. The SMILES string of the molecule is CCCC(C)CC1(C)N=C(c2cc(Cl)cc(Cl)c2)C(=O)N1C(CC)c1ccc(C(=O)NCCC(=O)O)cc1. The number of aliphatic carboxylic acids is 1. The molecule has 38 heavy (non-hydrogen) atoms. The minimum atomic E-state index is -0.973. The zero-order chi connectivity index (χ0) is 28.0. The second-order valence-corrected chi connectivity index (χ2v) is 10.9. The lowest BCUT2D eigenvalue weighted by Gasteiger charge is -2.40. The lowest BCUT2D eigenvalue weighted by molar-refractivity contribution is -0.137. The summed E-state index contributed by atoms with van der Waals surface area (Å²) in [7, 11) is 0. The van der Waals surface area contributed by atoms with Crippen molar-refractivity contribution in [2.75, 3.05) is 6.54 Å². The van der Waals surface area contributed by atoms with E-state index in [1.54, 1.807) is 30.3 Å². The summed E-state index contributed by atoms with van der Waals surface area (Å²) in [6.07, 6.45) is 3.26. The fourth-order valence-corrected chi connectivity index (χ4v) is 5.77. The van der Waals surface area contributed by atoms with Gasteiger partial charge in [-0.15, -0.1) is 0 Å². The predicted octanol–water partition coefficient (Wildman–Crippen LogP) is 6.52. The van der Waals surface area contributed by atoms with Gasteiger partial charge in [0.25, 0.3) is 11.8 Å². The van der Waals surface area contributed by atoms with Crippen LogP contribution in [-0.2, 0) is 9.59 Å². The van der Waals surface area contributed by atoms with Gasteiger partial charge in [-0.05, 0) is 61.6 Å². The molecule has 0 aliphatic carbocycles. The van der Waals surface area contributed by atoms with Crippen molar-refractivity contribution in [3.63, 3.8) is 0 Å². The third-order valence-electron chi connectivity index (χ3n) is 6.83. The highest BCUT2D eigenvalue weighted by Gasteiger charge is 2.47. The molecule has 2 amide bonds. The molecule has 2 N–H and O–H groups in total. The quantitative estimate of drug-likeness (QED) is 0.309. The maximum atomic E-state index is 14.0. The molecule has 9 heteroatoms. The summed E-state index contributed by atoms with van der Waals surface area (Å²) in [6, 6.07) is 11.9. The molecule has 2 aromatic rings. The smallest absolute Gasteiger partial charge is 0.305 e. The Kier molecular flexibility index (Phi) is 9.96. The molecule has 0 radical (unpaired) electrons. The Labute approximate surface area is 234 Å². The van der Waals surface area contributed by atoms with Crippen molar-refractivity contribution in [1.82, 2.24) is 10.2 Å². The molecule has 3 unspecified atom stereocenters. The molecule has 204 valence electrons. The summed E-state index contributed by atoms with van der Waals surface area (Å²) in [5.41, 5.74) is 1.47. The van der Waals surface area contributed by atoms with E-state index in [1.165, 1.54) is 0 Å². The van der Waals surface area contributed by atoms with Gasteiger partial charge in [-0.25, -0.2) is 0 Å². The number of hydrogen-bond donors (Lipinski definition) is 2. The number of carboxylic acid groups (broad SMARTS) is 1. The molecule has 2 aromatic carbocycles. The zero-order valence-electron chi connectivity index (χ0n) is 22.3. The number of nitrogens with one attached hydrogen (secondary N) is 1.